The summed E-state index contributed by atoms with van der Waals surface area (Å²) in [7, 11) is 0. The fraction of sp³-hybridized carbons (Fsp3) is 0.208. The summed E-state index contributed by atoms with van der Waals surface area (Å²) in [5, 5.41) is 16.2. The highest BCUT2D eigenvalue weighted by Crippen LogP contribution is 2.22. The number of nitrogens with zero attached hydrogens (tertiary/aromatic N) is 4. The summed E-state index contributed by atoms with van der Waals surface area (Å²) in [6, 6.07) is 16.6. The van der Waals surface area contributed by atoms with Crippen LogP contribution in [-0.2, 0) is 13.1 Å². The molecular weight excluding hydrogens is 484 g/mol. The Morgan fingerprint density at radius 2 is 1.75 bits per heavy atom. The van der Waals surface area contributed by atoms with E-state index >= 15 is 0 Å². The molecule has 0 radical (unpaired) electrons. The Bertz CT molecular complexity index is 1240. The van der Waals surface area contributed by atoms with Crippen molar-refractivity contribution in [2.24, 2.45) is 0 Å². The van der Waals surface area contributed by atoms with E-state index in [1.54, 1.807) is 6.20 Å². The highest BCUT2D eigenvalue weighted by Gasteiger charge is 2.14. The molecule has 0 amide bonds. The Balaban J connectivity index is 1.40. The molecule has 0 saturated heterocycles. The van der Waals surface area contributed by atoms with E-state index in [9.17, 15) is 0 Å². The summed E-state index contributed by atoms with van der Waals surface area (Å²) in [4.78, 5) is 0. The number of rotatable bonds is 6. The van der Waals surface area contributed by atoms with Crippen LogP contribution in [0, 0.1) is 20.8 Å². The monoisotopic (exact) mass is 508 g/mol. The zero-order valence-electron chi connectivity index (χ0n) is 18.3. The molecule has 6 nitrogen and oxygen atoms in total. The molecule has 8 heteroatoms. The fourth-order valence-electron chi connectivity index (χ4n) is 3.55. The molecule has 2 N–H and O–H groups in total. The van der Waals surface area contributed by atoms with Crippen LogP contribution in [0.2, 0.25) is 0 Å². The van der Waals surface area contributed by atoms with Gasteiger partial charge in [0.15, 0.2) is 5.11 Å². The third-order valence-corrected chi connectivity index (χ3v) is 6.08. The van der Waals surface area contributed by atoms with E-state index in [0.29, 0.717) is 11.7 Å². The number of benzene rings is 2. The maximum atomic E-state index is 5.55. The standard InChI is InChI=1S/C24H25BrN6S/c1-16-6-4-5-7-20(16)14-31-18(3)23(17(2)29-31)28-24(32)27-22-12-26-30(15-22)13-19-8-10-21(25)11-9-19/h4-12,15H,13-14H2,1-3H3,(H2,27,28,32). The normalized spacial score (nSPS) is 10.9. The van der Waals surface area contributed by atoms with Crippen LogP contribution in [0.25, 0.3) is 0 Å². The summed E-state index contributed by atoms with van der Waals surface area (Å²) < 4.78 is 4.96. The molecule has 0 bridgehead atoms. The molecule has 0 atom stereocenters. The summed E-state index contributed by atoms with van der Waals surface area (Å²) in [5.74, 6) is 0. The molecule has 2 aromatic carbocycles. The lowest BCUT2D eigenvalue weighted by Crippen LogP contribution is -2.19. The summed E-state index contributed by atoms with van der Waals surface area (Å²) in [6.07, 6.45) is 3.71. The van der Waals surface area contributed by atoms with Crippen molar-refractivity contribution in [3.63, 3.8) is 0 Å². The molecule has 4 rings (SSSR count). The van der Waals surface area contributed by atoms with Gasteiger partial charge in [-0.2, -0.15) is 10.2 Å². The number of anilines is 2. The van der Waals surface area contributed by atoms with Crippen molar-refractivity contribution >= 4 is 44.6 Å². The van der Waals surface area contributed by atoms with Gasteiger partial charge in [0.25, 0.3) is 0 Å². The molecular formula is C24H25BrN6S. The average Bonchev–Trinajstić information content (AvgIpc) is 3.30. The van der Waals surface area contributed by atoms with E-state index < -0.39 is 0 Å². The second kappa shape index (κ2) is 9.67. The van der Waals surface area contributed by atoms with Gasteiger partial charge in [0.1, 0.15) is 0 Å². The van der Waals surface area contributed by atoms with Crippen LogP contribution in [-0.4, -0.2) is 24.7 Å². The van der Waals surface area contributed by atoms with Gasteiger partial charge in [0.05, 0.1) is 42.0 Å². The number of hydrogen-bond acceptors (Lipinski definition) is 3. The van der Waals surface area contributed by atoms with Gasteiger partial charge in [-0.15, -0.1) is 0 Å². The van der Waals surface area contributed by atoms with Gasteiger partial charge in [-0.05, 0) is 61.8 Å². The summed E-state index contributed by atoms with van der Waals surface area (Å²) in [5.41, 5.74) is 7.40. The molecule has 32 heavy (non-hydrogen) atoms. The maximum Gasteiger partial charge on any atom is 0.175 e. The second-order valence-corrected chi connectivity index (χ2v) is 9.09. The van der Waals surface area contributed by atoms with Crippen molar-refractivity contribution in [2.45, 2.75) is 33.9 Å². The van der Waals surface area contributed by atoms with Gasteiger partial charge in [-0.3, -0.25) is 9.36 Å². The smallest absolute Gasteiger partial charge is 0.175 e. The van der Waals surface area contributed by atoms with E-state index in [1.165, 1.54) is 16.7 Å². The first-order chi connectivity index (χ1) is 15.4. The van der Waals surface area contributed by atoms with E-state index in [0.717, 1.165) is 33.8 Å². The Morgan fingerprint density at radius 3 is 2.50 bits per heavy atom. The SMILES string of the molecule is Cc1ccccc1Cn1nc(C)c(NC(=S)Nc2cnn(Cc3ccc(Br)cc3)c2)c1C. The average molecular weight is 509 g/mol. The number of hydrogen-bond donors (Lipinski definition) is 2. The minimum Gasteiger partial charge on any atom is -0.330 e. The van der Waals surface area contributed by atoms with Gasteiger partial charge >= 0.3 is 0 Å². The van der Waals surface area contributed by atoms with Crippen molar-refractivity contribution < 1.29 is 0 Å². The molecule has 4 aromatic rings. The first kappa shape index (κ1) is 22.2. The van der Waals surface area contributed by atoms with Gasteiger partial charge < -0.3 is 10.6 Å². The van der Waals surface area contributed by atoms with Gasteiger partial charge in [0.2, 0.25) is 0 Å². The zero-order chi connectivity index (χ0) is 22.7. The second-order valence-electron chi connectivity index (χ2n) is 7.76. The minimum absolute atomic E-state index is 0.509. The lowest BCUT2D eigenvalue weighted by Gasteiger charge is -2.11. The molecule has 0 saturated carbocycles. The molecule has 0 spiro atoms. The van der Waals surface area contributed by atoms with Crippen LogP contribution >= 0.6 is 28.1 Å². The first-order valence-corrected chi connectivity index (χ1v) is 11.5. The lowest BCUT2D eigenvalue weighted by molar-refractivity contribution is 0.657. The topological polar surface area (TPSA) is 59.7 Å². The number of thiocarbonyl (C=S) groups is 1. The Morgan fingerprint density at radius 1 is 1.00 bits per heavy atom. The van der Waals surface area contributed by atoms with Crippen molar-refractivity contribution in [1.82, 2.24) is 19.6 Å². The van der Waals surface area contributed by atoms with E-state index in [1.807, 2.05) is 34.6 Å². The highest BCUT2D eigenvalue weighted by molar-refractivity contribution is 9.10. The van der Waals surface area contributed by atoms with Crippen LogP contribution in [0.15, 0.2) is 65.4 Å². The molecule has 2 aromatic heterocycles. The highest BCUT2D eigenvalue weighted by atomic mass is 79.9. The van der Waals surface area contributed by atoms with Crippen molar-refractivity contribution in [3.8, 4) is 0 Å². The molecule has 0 fully saturated rings. The summed E-state index contributed by atoms with van der Waals surface area (Å²) >= 11 is 9.01. The predicted molar refractivity (Wildman–Crippen MR) is 137 cm³/mol. The van der Waals surface area contributed by atoms with Gasteiger partial charge in [0, 0.05) is 10.7 Å². The Hall–Kier alpha value is -2.97. The van der Waals surface area contributed by atoms with E-state index in [4.69, 9.17) is 17.3 Å². The van der Waals surface area contributed by atoms with Crippen molar-refractivity contribution in [3.05, 3.63) is 93.5 Å². The van der Waals surface area contributed by atoms with Crippen LogP contribution in [0.5, 0.6) is 0 Å². The quantitative estimate of drug-likeness (QED) is 0.328. The van der Waals surface area contributed by atoms with Crippen molar-refractivity contribution in [1.29, 1.82) is 0 Å². The number of nitrogens with one attached hydrogen (secondary N) is 2. The van der Waals surface area contributed by atoms with Gasteiger partial charge in [-0.25, -0.2) is 0 Å². The van der Waals surface area contributed by atoms with Crippen LogP contribution in [0.1, 0.15) is 28.1 Å². The molecule has 0 aliphatic rings. The summed E-state index contributed by atoms with van der Waals surface area (Å²) in [6.45, 7) is 7.58. The maximum absolute atomic E-state index is 5.55. The van der Waals surface area contributed by atoms with Crippen LogP contribution < -0.4 is 10.6 Å². The van der Waals surface area contributed by atoms with Crippen LogP contribution in [0.4, 0.5) is 11.4 Å². The molecule has 0 unspecified atom stereocenters. The Kier molecular flexibility index (Phi) is 6.72. The fourth-order valence-corrected chi connectivity index (χ4v) is 4.03. The number of aromatic nitrogens is 4. The van der Waals surface area contributed by atoms with Crippen molar-refractivity contribution in [2.75, 3.05) is 10.6 Å². The Labute approximate surface area is 201 Å². The lowest BCUT2D eigenvalue weighted by atomic mass is 10.1. The molecule has 0 aliphatic heterocycles. The zero-order valence-corrected chi connectivity index (χ0v) is 20.7. The predicted octanol–water partition coefficient (Wildman–Crippen LogP) is 5.67. The third kappa shape index (κ3) is 5.26. The third-order valence-electron chi connectivity index (χ3n) is 5.35. The van der Waals surface area contributed by atoms with Crippen LogP contribution in [0.3, 0.4) is 0 Å². The van der Waals surface area contributed by atoms with E-state index in [2.05, 4.69) is 81.9 Å². The molecule has 2 heterocycles. The largest absolute Gasteiger partial charge is 0.330 e. The van der Waals surface area contributed by atoms with E-state index in [-0.39, 0.29) is 0 Å². The molecule has 164 valence electrons. The number of halogens is 1. The minimum atomic E-state index is 0.509. The first-order valence-electron chi connectivity index (χ1n) is 10.3. The molecule has 0 aliphatic carbocycles. The van der Waals surface area contributed by atoms with Gasteiger partial charge in [-0.1, -0.05) is 52.3 Å². The number of aryl methyl sites for hydroxylation is 2.